The smallest absolute Gasteiger partial charge is 0.123 e. The molecule has 0 saturated carbocycles. The zero-order valence-electron chi connectivity index (χ0n) is 23.4. The minimum absolute atomic E-state index is 0.133. The summed E-state index contributed by atoms with van der Waals surface area (Å²) in [5.41, 5.74) is 13.1. The predicted octanol–water partition coefficient (Wildman–Crippen LogP) is 7.95. The van der Waals surface area contributed by atoms with E-state index in [1.165, 1.54) is 25.3 Å². The summed E-state index contributed by atoms with van der Waals surface area (Å²) in [6, 6.07) is 15.6. The molecule has 1 aliphatic rings. The van der Waals surface area contributed by atoms with Crippen molar-refractivity contribution in [3.05, 3.63) is 90.0 Å². The van der Waals surface area contributed by atoms with Gasteiger partial charge in [0.2, 0.25) is 0 Å². The first-order valence-electron chi connectivity index (χ1n) is 13.1. The summed E-state index contributed by atoms with van der Waals surface area (Å²) in [6.45, 7) is 17.2. The van der Waals surface area contributed by atoms with Crippen LogP contribution in [0, 0.1) is 17.1 Å². The highest BCUT2D eigenvalue weighted by Crippen LogP contribution is 2.25. The molecule has 1 saturated heterocycles. The predicted molar refractivity (Wildman–Crippen MR) is 158 cm³/mol. The molecule has 3 rings (SSSR count). The van der Waals surface area contributed by atoms with Gasteiger partial charge in [0.15, 0.2) is 0 Å². The van der Waals surface area contributed by atoms with E-state index in [9.17, 15) is 4.39 Å². The molecule has 0 aromatic heterocycles. The molecule has 0 aliphatic carbocycles. The monoisotopic (exact) mass is 504 g/mol. The number of hydrogen-bond donors (Lipinski definition) is 2. The Labute approximate surface area is 224 Å². The molecular weight excluding hydrogens is 459 g/mol. The number of halogens is 1. The second-order valence-corrected chi connectivity index (χ2v) is 9.38. The highest BCUT2D eigenvalue weighted by atomic mass is 19.1. The van der Waals surface area contributed by atoms with Crippen LogP contribution in [0.3, 0.4) is 0 Å². The molecule has 3 N–H and O–H groups in total. The van der Waals surface area contributed by atoms with Crippen molar-refractivity contribution in [3.8, 4) is 6.07 Å². The van der Waals surface area contributed by atoms with Gasteiger partial charge >= 0.3 is 0 Å². The van der Waals surface area contributed by atoms with Crippen LogP contribution in [0.15, 0.2) is 67.5 Å². The Morgan fingerprint density at radius 2 is 1.95 bits per heavy atom. The van der Waals surface area contributed by atoms with E-state index in [1.54, 1.807) is 12.1 Å². The van der Waals surface area contributed by atoms with Gasteiger partial charge in [0.05, 0.1) is 12.5 Å². The number of nitrogens with one attached hydrogen (secondary N) is 1. The van der Waals surface area contributed by atoms with Gasteiger partial charge in [0.1, 0.15) is 5.82 Å². The van der Waals surface area contributed by atoms with Crippen LogP contribution in [0.1, 0.15) is 76.5 Å². The molecule has 0 bridgehead atoms. The summed E-state index contributed by atoms with van der Waals surface area (Å²) in [6.07, 6.45) is 8.17. The molecule has 37 heavy (non-hydrogen) atoms. The topological polar surface area (TPSA) is 65.1 Å². The number of anilines is 1. The molecule has 0 spiro atoms. The lowest BCUT2D eigenvalue weighted by Gasteiger charge is -2.26. The lowest BCUT2D eigenvalue weighted by atomic mass is 10.0. The van der Waals surface area contributed by atoms with Crippen LogP contribution in [0.25, 0.3) is 11.1 Å². The fourth-order valence-corrected chi connectivity index (χ4v) is 4.35. The average Bonchev–Trinajstić information content (AvgIpc) is 3.34. The van der Waals surface area contributed by atoms with Gasteiger partial charge in [-0.25, -0.2) is 4.39 Å². The van der Waals surface area contributed by atoms with E-state index >= 15 is 0 Å². The van der Waals surface area contributed by atoms with Crippen molar-refractivity contribution in [3.63, 3.8) is 0 Å². The maximum atomic E-state index is 12.5. The van der Waals surface area contributed by atoms with Gasteiger partial charge in [-0.15, -0.1) is 0 Å². The van der Waals surface area contributed by atoms with Gasteiger partial charge < -0.3 is 16.0 Å². The van der Waals surface area contributed by atoms with E-state index in [2.05, 4.69) is 49.4 Å². The van der Waals surface area contributed by atoms with Crippen LogP contribution in [-0.4, -0.2) is 24.5 Å². The summed E-state index contributed by atoms with van der Waals surface area (Å²) < 4.78 is 12.5. The molecule has 5 heteroatoms. The maximum absolute atomic E-state index is 12.5. The van der Waals surface area contributed by atoms with Crippen LogP contribution >= 0.6 is 0 Å². The number of likely N-dealkylation sites (tertiary alicyclic amines) is 1. The molecule has 1 aliphatic heterocycles. The van der Waals surface area contributed by atoms with E-state index in [4.69, 9.17) is 11.0 Å². The van der Waals surface area contributed by atoms with Crippen molar-refractivity contribution < 1.29 is 4.39 Å². The normalized spacial score (nSPS) is 14.5. The Kier molecular flexibility index (Phi) is 14.5. The van der Waals surface area contributed by atoms with Crippen molar-refractivity contribution in [1.82, 2.24) is 10.2 Å². The van der Waals surface area contributed by atoms with E-state index in [-0.39, 0.29) is 5.82 Å². The van der Waals surface area contributed by atoms with Crippen molar-refractivity contribution in [2.45, 2.75) is 72.3 Å². The van der Waals surface area contributed by atoms with Crippen molar-refractivity contribution in [1.29, 1.82) is 5.26 Å². The van der Waals surface area contributed by atoms with E-state index in [1.807, 2.05) is 45.3 Å². The van der Waals surface area contributed by atoms with Gasteiger partial charge in [-0.2, -0.15) is 5.26 Å². The van der Waals surface area contributed by atoms with Gasteiger partial charge in [0.25, 0.3) is 0 Å². The van der Waals surface area contributed by atoms with Gasteiger partial charge in [0, 0.05) is 31.0 Å². The van der Waals surface area contributed by atoms with Crippen LogP contribution in [0.4, 0.5) is 10.1 Å². The number of hydrogen-bond acceptors (Lipinski definition) is 4. The Balaban J connectivity index is 0.000000283. The summed E-state index contributed by atoms with van der Waals surface area (Å²) in [4.78, 5) is 2.29. The molecule has 1 heterocycles. The summed E-state index contributed by atoms with van der Waals surface area (Å²) in [5, 5.41) is 11.5. The zero-order chi connectivity index (χ0) is 27.8. The first-order chi connectivity index (χ1) is 17.7. The van der Waals surface area contributed by atoms with E-state index in [0.29, 0.717) is 12.5 Å². The maximum Gasteiger partial charge on any atom is 0.123 e. The number of benzene rings is 2. The molecule has 4 nitrogen and oxygen atoms in total. The lowest BCUT2D eigenvalue weighted by Crippen LogP contribution is -2.27. The number of aryl methyl sites for hydroxylation is 1. The Morgan fingerprint density at radius 3 is 2.49 bits per heavy atom. The Morgan fingerprint density at radius 1 is 1.22 bits per heavy atom. The third kappa shape index (κ3) is 11.0. The van der Waals surface area contributed by atoms with Gasteiger partial charge in [-0.05, 0) is 91.8 Å². The Bertz CT molecular complexity index is 1080. The van der Waals surface area contributed by atoms with Crippen LogP contribution < -0.4 is 11.1 Å². The minimum atomic E-state index is -0.133. The summed E-state index contributed by atoms with van der Waals surface area (Å²) in [7, 11) is 1.88. The van der Waals surface area contributed by atoms with Gasteiger partial charge in [-0.3, -0.25) is 0 Å². The van der Waals surface area contributed by atoms with Gasteiger partial charge in [-0.1, -0.05) is 57.7 Å². The number of nitrogens with two attached hydrogens (primary N) is 1. The number of rotatable bonds is 8. The van der Waals surface area contributed by atoms with E-state index in [0.717, 1.165) is 58.6 Å². The first kappa shape index (κ1) is 31.5. The second kappa shape index (κ2) is 17.0. The summed E-state index contributed by atoms with van der Waals surface area (Å²) >= 11 is 0. The lowest BCUT2D eigenvalue weighted by molar-refractivity contribution is 0.310. The molecule has 1 fully saturated rings. The quantitative estimate of drug-likeness (QED) is 0.358. The number of allylic oxidation sites excluding steroid dienone is 3. The van der Waals surface area contributed by atoms with Crippen LogP contribution in [0.5, 0.6) is 0 Å². The van der Waals surface area contributed by atoms with E-state index < -0.39 is 0 Å². The summed E-state index contributed by atoms with van der Waals surface area (Å²) in [5.74, 6) is -0.133. The van der Waals surface area contributed by atoms with Crippen LogP contribution in [0.2, 0.25) is 0 Å². The zero-order valence-corrected chi connectivity index (χ0v) is 23.4. The number of nitrogens with zero attached hydrogens (tertiary/aromatic N) is 2. The van der Waals surface area contributed by atoms with Crippen LogP contribution in [-0.2, 0) is 6.42 Å². The standard InChI is InChI=1S/C13H18N2.C10H16N2.C9H11F/c1-9(2)12-6-5-11(7-13(12)14)10(3)8-15-4;1-3-10-5-4-8-12(10)9(2)6-7-11;1-2-4-8-5-3-6-9(10)7-8/h5-8,15H,1,14H2,2-4H3;10H,2-6,8H2,1H3;3,5-7H,2,4H2,1H3/b10-8+;;/t;10-;/m.0./s1. The molecule has 0 radical (unpaired) electrons. The fourth-order valence-electron chi connectivity index (χ4n) is 4.35. The largest absolute Gasteiger partial charge is 0.398 e. The molecule has 0 unspecified atom stereocenters. The van der Waals surface area contributed by atoms with Crippen molar-refractivity contribution in [2.75, 3.05) is 19.3 Å². The van der Waals surface area contributed by atoms with Crippen molar-refractivity contribution in [2.24, 2.45) is 0 Å². The SMILES string of the molecule is C=C(C)c1ccc(/C(C)=C/NC)cc1N.C=C(CC#N)N1CCC[C@@H]1CC.CCCc1cccc(F)c1. The first-order valence-corrected chi connectivity index (χ1v) is 13.1. The fraction of sp³-hybridized carbons (Fsp3) is 0.406. The molecule has 2 aromatic carbocycles. The molecule has 2 aromatic rings. The molecular formula is C32H45FN4. The third-order valence-electron chi connectivity index (χ3n) is 6.29. The minimum Gasteiger partial charge on any atom is -0.398 e. The van der Waals surface area contributed by atoms with Crippen molar-refractivity contribution >= 4 is 16.8 Å². The highest BCUT2D eigenvalue weighted by molar-refractivity contribution is 5.76. The average molecular weight is 505 g/mol. The molecule has 1 atom stereocenters. The highest BCUT2D eigenvalue weighted by Gasteiger charge is 2.23. The number of nitrogen functional groups attached to an aromatic ring is 1. The second-order valence-electron chi connectivity index (χ2n) is 9.38. The molecule has 200 valence electrons. The third-order valence-corrected chi connectivity index (χ3v) is 6.29. The number of nitriles is 1. The Hall–Kier alpha value is -3.52. The molecule has 0 amide bonds.